The van der Waals surface area contributed by atoms with Gasteiger partial charge in [0.1, 0.15) is 11.1 Å². The van der Waals surface area contributed by atoms with E-state index in [0.717, 1.165) is 42.4 Å². The van der Waals surface area contributed by atoms with Crippen LogP contribution >= 0.6 is 34.4 Å². The van der Waals surface area contributed by atoms with Crippen LogP contribution in [0.15, 0.2) is 28.0 Å². The summed E-state index contributed by atoms with van der Waals surface area (Å²) in [5.41, 5.74) is 1.57. The smallest absolute Gasteiger partial charge is 0.235 e. The molecule has 0 spiro atoms. The molecule has 0 fully saturated rings. The Morgan fingerprint density at radius 1 is 1.32 bits per heavy atom. The van der Waals surface area contributed by atoms with E-state index in [0.29, 0.717) is 10.6 Å². The van der Waals surface area contributed by atoms with E-state index in [2.05, 4.69) is 51.4 Å². The van der Waals surface area contributed by atoms with Crippen LogP contribution in [0.5, 0.6) is 0 Å². The molecular formula is C19H21N5OS3. The third kappa shape index (κ3) is 4.82. The number of hydrogen-bond donors (Lipinski definition) is 1. The quantitative estimate of drug-likeness (QED) is 0.480. The number of carbonyl (C=O) groups is 1. The first-order chi connectivity index (χ1) is 13.7. The second-order valence-electron chi connectivity index (χ2n) is 6.12. The number of carbonyl (C=O) groups excluding carboxylic acids is 1. The monoisotopic (exact) mass is 431 g/mol. The Bertz CT molecular complexity index is 982. The fourth-order valence-corrected chi connectivity index (χ4v) is 5.18. The van der Waals surface area contributed by atoms with Crippen molar-refractivity contribution in [3.63, 3.8) is 0 Å². The number of thiophene rings is 2. The zero-order chi connectivity index (χ0) is 19.9. The lowest BCUT2D eigenvalue weighted by Gasteiger charge is -2.08. The Kier molecular flexibility index (Phi) is 7.25. The highest BCUT2D eigenvalue weighted by Gasteiger charge is 2.17. The number of aryl methyl sites for hydroxylation is 1. The maximum Gasteiger partial charge on any atom is 0.235 e. The van der Waals surface area contributed by atoms with E-state index in [4.69, 9.17) is 5.26 Å². The molecular weight excluding hydrogens is 410 g/mol. The molecule has 1 N–H and O–H groups in total. The fraction of sp³-hybridized carbons (Fsp3) is 0.368. The Balaban J connectivity index is 1.70. The SMILES string of the molecule is CCCc1cc(-c2nnc(SCC(=O)Nc3sccc3C#N)n2CCC)cs1. The first-order valence-corrected chi connectivity index (χ1v) is 11.8. The third-order valence-electron chi connectivity index (χ3n) is 3.94. The predicted octanol–water partition coefficient (Wildman–Crippen LogP) is 5.03. The first-order valence-electron chi connectivity index (χ1n) is 9.07. The van der Waals surface area contributed by atoms with Crippen molar-refractivity contribution < 1.29 is 4.79 Å². The number of hydrogen-bond acceptors (Lipinski definition) is 7. The molecule has 0 bridgehead atoms. The summed E-state index contributed by atoms with van der Waals surface area (Å²) < 4.78 is 2.08. The molecule has 9 heteroatoms. The molecule has 0 aliphatic carbocycles. The molecule has 3 aromatic heterocycles. The number of nitriles is 1. The largest absolute Gasteiger partial charge is 0.316 e. The normalized spacial score (nSPS) is 10.8. The van der Waals surface area contributed by atoms with Crippen molar-refractivity contribution in [1.29, 1.82) is 5.26 Å². The topological polar surface area (TPSA) is 83.6 Å². The number of thioether (sulfide) groups is 1. The molecule has 0 aliphatic rings. The van der Waals surface area contributed by atoms with Crippen LogP contribution in [0.3, 0.4) is 0 Å². The summed E-state index contributed by atoms with van der Waals surface area (Å²) >= 11 is 4.46. The summed E-state index contributed by atoms with van der Waals surface area (Å²) in [5.74, 6) is 0.917. The van der Waals surface area contributed by atoms with Crippen LogP contribution in [0.2, 0.25) is 0 Å². The Morgan fingerprint density at radius 2 is 2.18 bits per heavy atom. The summed E-state index contributed by atoms with van der Waals surface area (Å²) in [5, 5.41) is 25.8. The number of nitrogens with one attached hydrogen (secondary N) is 1. The number of aromatic nitrogens is 3. The Hall–Kier alpha value is -2.15. The van der Waals surface area contributed by atoms with Crippen molar-refractivity contribution >= 4 is 45.3 Å². The highest BCUT2D eigenvalue weighted by atomic mass is 32.2. The van der Waals surface area contributed by atoms with E-state index in [1.807, 2.05) is 0 Å². The van der Waals surface area contributed by atoms with Gasteiger partial charge >= 0.3 is 0 Å². The second kappa shape index (κ2) is 9.87. The average Bonchev–Trinajstić information content (AvgIpc) is 3.41. The molecule has 0 saturated heterocycles. The van der Waals surface area contributed by atoms with E-state index in [9.17, 15) is 4.79 Å². The van der Waals surface area contributed by atoms with Crippen molar-refractivity contribution in [3.8, 4) is 17.5 Å². The number of nitrogens with zero attached hydrogens (tertiary/aromatic N) is 4. The lowest BCUT2D eigenvalue weighted by Crippen LogP contribution is -2.14. The zero-order valence-corrected chi connectivity index (χ0v) is 18.2. The van der Waals surface area contributed by atoms with Crippen molar-refractivity contribution in [3.05, 3.63) is 33.3 Å². The summed E-state index contributed by atoms with van der Waals surface area (Å²) in [4.78, 5) is 13.6. The predicted molar refractivity (Wildman–Crippen MR) is 116 cm³/mol. The molecule has 0 unspecified atom stereocenters. The van der Waals surface area contributed by atoms with E-state index in [1.165, 1.54) is 28.0 Å². The van der Waals surface area contributed by atoms with Gasteiger partial charge in [-0.15, -0.1) is 32.9 Å². The molecule has 3 aromatic rings. The molecule has 28 heavy (non-hydrogen) atoms. The van der Waals surface area contributed by atoms with Crippen molar-refractivity contribution in [1.82, 2.24) is 14.8 Å². The van der Waals surface area contributed by atoms with Crippen LogP contribution in [-0.4, -0.2) is 26.4 Å². The minimum atomic E-state index is -0.155. The van der Waals surface area contributed by atoms with E-state index < -0.39 is 0 Å². The van der Waals surface area contributed by atoms with Crippen molar-refractivity contribution in [2.24, 2.45) is 0 Å². The van der Waals surface area contributed by atoms with Gasteiger partial charge in [0.15, 0.2) is 11.0 Å². The molecule has 1 amide bonds. The molecule has 0 radical (unpaired) electrons. The fourth-order valence-electron chi connectivity index (χ4n) is 2.70. The van der Waals surface area contributed by atoms with Crippen LogP contribution in [0, 0.1) is 11.3 Å². The lowest BCUT2D eigenvalue weighted by atomic mass is 10.2. The number of amides is 1. The van der Waals surface area contributed by atoms with Gasteiger partial charge in [0, 0.05) is 22.4 Å². The maximum atomic E-state index is 12.3. The van der Waals surface area contributed by atoms with Gasteiger partial charge in [-0.2, -0.15) is 5.26 Å². The molecule has 6 nitrogen and oxygen atoms in total. The van der Waals surface area contributed by atoms with Gasteiger partial charge in [-0.05, 0) is 30.4 Å². The molecule has 0 aromatic carbocycles. The van der Waals surface area contributed by atoms with Gasteiger partial charge in [0.25, 0.3) is 0 Å². The molecule has 0 saturated carbocycles. The Morgan fingerprint density at radius 3 is 2.93 bits per heavy atom. The lowest BCUT2D eigenvalue weighted by molar-refractivity contribution is -0.113. The average molecular weight is 432 g/mol. The van der Waals surface area contributed by atoms with Gasteiger partial charge in [-0.25, -0.2) is 0 Å². The third-order valence-corrected chi connectivity index (χ3v) is 6.74. The summed E-state index contributed by atoms with van der Waals surface area (Å²) in [6.07, 6.45) is 3.15. The second-order valence-corrected chi connectivity index (χ2v) is 8.98. The molecule has 146 valence electrons. The van der Waals surface area contributed by atoms with Crippen molar-refractivity contribution in [2.75, 3.05) is 11.1 Å². The zero-order valence-electron chi connectivity index (χ0n) is 15.8. The van der Waals surface area contributed by atoms with E-state index >= 15 is 0 Å². The molecule has 0 aliphatic heterocycles. The Labute approximate surface area is 176 Å². The standard InChI is InChI=1S/C19H21N5OS3/c1-3-5-15-9-14(11-27-15)17-22-23-19(24(17)7-4-2)28-12-16(25)21-18-13(10-20)6-8-26-18/h6,8-9,11H,3-5,7,12H2,1-2H3,(H,21,25). The summed E-state index contributed by atoms with van der Waals surface area (Å²) in [6.45, 7) is 5.09. The molecule has 3 heterocycles. The number of rotatable bonds is 9. The highest BCUT2D eigenvalue weighted by molar-refractivity contribution is 7.99. The summed E-state index contributed by atoms with van der Waals surface area (Å²) in [7, 11) is 0. The number of anilines is 1. The molecule has 3 rings (SSSR count). The van der Waals surface area contributed by atoms with Crippen LogP contribution < -0.4 is 5.32 Å². The van der Waals surface area contributed by atoms with Gasteiger partial charge in [0.2, 0.25) is 5.91 Å². The van der Waals surface area contributed by atoms with Crippen molar-refractivity contribution in [2.45, 2.75) is 44.8 Å². The van der Waals surface area contributed by atoms with Crippen LogP contribution in [0.4, 0.5) is 5.00 Å². The van der Waals surface area contributed by atoms with Gasteiger partial charge in [-0.1, -0.05) is 32.0 Å². The molecule has 0 atom stereocenters. The minimum absolute atomic E-state index is 0.155. The first kappa shape index (κ1) is 20.6. The van der Waals surface area contributed by atoms with E-state index in [1.54, 1.807) is 22.8 Å². The van der Waals surface area contributed by atoms with Crippen LogP contribution in [0.1, 0.15) is 37.1 Å². The van der Waals surface area contributed by atoms with Crippen LogP contribution in [-0.2, 0) is 17.8 Å². The minimum Gasteiger partial charge on any atom is -0.316 e. The summed E-state index contributed by atoms with van der Waals surface area (Å²) in [6, 6.07) is 5.96. The van der Waals surface area contributed by atoms with Gasteiger partial charge in [-0.3, -0.25) is 4.79 Å². The maximum absolute atomic E-state index is 12.3. The van der Waals surface area contributed by atoms with Crippen LogP contribution in [0.25, 0.3) is 11.4 Å². The van der Waals surface area contributed by atoms with Gasteiger partial charge < -0.3 is 9.88 Å². The van der Waals surface area contributed by atoms with E-state index in [-0.39, 0.29) is 11.7 Å². The van der Waals surface area contributed by atoms with Gasteiger partial charge in [0.05, 0.1) is 11.3 Å². The highest BCUT2D eigenvalue weighted by Crippen LogP contribution is 2.29.